The third-order valence-corrected chi connectivity index (χ3v) is 6.06. The molecule has 1 aliphatic heterocycles. The predicted octanol–water partition coefficient (Wildman–Crippen LogP) is 4.98. The minimum atomic E-state index is -0.171. The highest BCUT2D eigenvalue weighted by Crippen LogP contribution is 2.27. The lowest BCUT2D eigenvalue weighted by Gasteiger charge is -2.21. The minimum Gasteiger partial charge on any atom is -0.342 e. The zero-order valence-corrected chi connectivity index (χ0v) is 17.7. The van der Waals surface area contributed by atoms with Crippen LogP contribution in [0.25, 0.3) is 0 Å². The van der Waals surface area contributed by atoms with Crippen LogP contribution in [0.15, 0.2) is 29.3 Å². The topological polar surface area (TPSA) is 44.7 Å². The molecule has 1 saturated heterocycles. The number of hydrogen-bond acceptors (Lipinski definition) is 3. The Balaban J connectivity index is 0.00000225. The van der Waals surface area contributed by atoms with Crippen molar-refractivity contribution in [2.45, 2.75) is 50.6 Å². The van der Waals surface area contributed by atoms with E-state index >= 15 is 0 Å². The fourth-order valence-electron chi connectivity index (χ4n) is 3.18. The summed E-state index contributed by atoms with van der Waals surface area (Å²) < 4.78 is 0. The molecule has 0 spiro atoms. The normalized spacial score (nSPS) is 23.2. The van der Waals surface area contributed by atoms with Gasteiger partial charge in [-0.3, -0.25) is 9.79 Å². The highest BCUT2D eigenvalue weighted by molar-refractivity contribution is 8.93. The molecular weight excluding hydrogens is 422 g/mol. The summed E-state index contributed by atoms with van der Waals surface area (Å²) in [5.41, 5.74) is 0.775. The zero-order valence-electron chi connectivity index (χ0n) is 14.4. The number of carbonyl (C=O) groups is 1. The molecule has 138 valence electrons. The van der Waals surface area contributed by atoms with Crippen LogP contribution >= 0.6 is 40.3 Å². The molecule has 0 radical (unpaired) electrons. The Morgan fingerprint density at radius 3 is 2.48 bits per heavy atom. The first-order chi connectivity index (χ1) is 11.6. The van der Waals surface area contributed by atoms with Gasteiger partial charge < -0.3 is 10.2 Å². The van der Waals surface area contributed by atoms with Crippen molar-refractivity contribution < 1.29 is 4.79 Å². The molecule has 1 atom stereocenters. The van der Waals surface area contributed by atoms with Crippen LogP contribution in [0, 0.1) is 0 Å². The average Bonchev–Trinajstić information content (AvgIpc) is 2.77. The molecule has 0 bridgehead atoms. The highest BCUT2D eigenvalue weighted by Gasteiger charge is 2.33. The Hall–Kier alpha value is -0.720. The van der Waals surface area contributed by atoms with E-state index in [-0.39, 0.29) is 28.9 Å². The molecule has 7 heteroatoms. The molecular formula is C18H25BrClN3OS. The van der Waals surface area contributed by atoms with E-state index in [2.05, 4.69) is 5.32 Å². The van der Waals surface area contributed by atoms with Crippen LogP contribution < -0.4 is 5.32 Å². The first-order valence-corrected chi connectivity index (χ1v) is 10.00. The van der Waals surface area contributed by atoms with Gasteiger partial charge in [0.15, 0.2) is 5.17 Å². The Morgan fingerprint density at radius 1 is 1.20 bits per heavy atom. The number of nitrogens with zero attached hydrogens (tertiary/aromatic N) is 2. The molecule has 1 aromatic carbocycles. The maximum Gasteiger partial charge on any atom is 0.248 e. The van der Waals surface area contributed by atoms with E-state index < -0.39 is 0 Å². The van der Waals surface area contributed by atoms with Crippen LogP contribution in [-0.4, -0.2) is 40.9 Å². The van der Waals surface area contributed by atoms with E-state index in [4.69, 9.17) is 16.6 Å². The molecule has 25 heavy (non-hydrogen) atoms. The molecule has 2 aliphatic rings. The van der Waals surface area contributed by atoms with Crippen molar-refractivity contribution in [2.24, 2.45) is 4.99 Å². The lowest BCUT2D eigenvalue weighted by molar-refractivity contribution is -0.118. The van der Waals surface area contributed by atoms with Crippen LogP contribution in [0.4, 0.5) is 5.69 Å². The van der Waals surface area contributed by atoms with E-state index in [1.807, 2.05) is 24.1 Å². The summed E-state index contributed by atoms with van der Waals surface area (Å²) in [6.45, 7) is 0. The summed E-state index contributed by atoms with van der Waals surface area (Å²) in [4.78, 5) is 19.5. The van der Waals surface area contributed by atoms with E-state index in [0.29, 0.717) is 11.1 Å². The van der Waals surface area contributed by atoms with Gasteiger partial charge in [0.1, 0.15) is 6.04 Å². The first-order valence-electron chi connectivity index (χ1n) is 8.63. The fraction of sp³-hybridized carbons (Fsp3) is 0.556. The molecule has 1 aromatic rings. The second-order valence-electron chi connectivity index (χ2n) is 6.49. The number of carbonyl (C=O) groups excluding carboxylic acids is 1. The Labute approximate surface area is 169 Å². The van der Waals surface area contributed by atoms with Crippen LogP contribution in [0.1, 0.15) is 38.5 Å². The van der Waals surface area contributed by atoms with Crippen molar-refractivity contribution >= 4 is 57.1 Å². The molecule has 1 unspecified atom stereocenters. The summed E-state index contributed by atoms with van der Waals surface area (Å²) in [5.74, 6) is 0.764. The molecule has 1 N–H and O–H groups in total. The average molecular weight is 447 g/mol. The summed E-state index contributed by atoms with van der Waals surface area (Å²) in [7, 11) is 1.97. The summed E-state index contributed by atoms with van der Waals surface area (Å²) >= 11 is 7.58. The van der Waals surface area contributed by atoms with E-state index in [0.717, 1.165) is 16.6 Å². The largest absolute Gasteiger partial charge is 0.342 e. The molecule has 1 aliphatic carbocycles. The Kier molecular flexibility index (Phi) is 8.10. The summed E-state index contributed by atoms with van der Waals surface area (Å²) in [6.07, 6.45) is 7.57. The number of hydrogen-bond donors (Lipinski definition) is 1. The molecule has 1 saturated carbocycles. The third-order valence-electron chi connectivity index (χ3n) is 4.67. The van der Waals surface area contributed by atoms with Crippen LogP contribution in [0.2, 0.25) is 5.02 Å². The number of rotatable bonds is 3. The van der Waals surface area contributed by atoms with Crippen molar-refractivity contribution in [3.8, 4) is 0 Å². The first kappa shape index (κ1) is 20.6. The quantitative estimate of drug-likeness (QED) is 0.666. The van der Waals surface area contributed by atoms with Gasteiger partial charge >= 0.3 is 0 Å². The molecule has 1 amide bonds. The van der Waals surface area contributed by atoms with Gasteiger partial charge in [-0.05, 0) is 37.1 Å². The summed E-state index contributed by atoms with van der Waals surface area (Å²) in [6, 6.07) is 7.46. The lowest BCUT2D eigenvalue weighted by Crippen LogP contribution is -2.40. The number of aliphatic imine (C=N–C) groups is 1. The Bertz CT molecular complexity index is 603. The number of thioether (sulfide) groups is 1. The van der Waals surface area contributed by atoms with Gasteiger partial charge in [-0.1, -0.05) is 49.0 Å². The van der Waals surface area contributed by atoms with E-state index in [9.17, 15) is 4.79 Å². The second-order valence-corrected chi connectivity index (χ2v) is 7.91. The van der Waals surface area contributed by atoms with Crippen molar-refractivity contribution in [1.82, 2.24) is 4.90 Å². The van der Waals surface area contributed by atoms with E-state index in [1.54, 1.807) is 23.9 Å². The molecule has 3 rings (SSSR count). The van der Waals surface area contributed by atoms with Gasteiger partial charge in [0.2, 0.25) is 5.91 Å². The fourth-order valence-corrected chi connectivity index (χ4v) is 4.54. The smallest absolute Gasteiger partial charge is 0.248 e. The molecule has 2 fully saturated rings. The number of amides is 1. The number of nitrogens with one attached hydrogen (secondary N) is 1. The number of benzene rings is 1. The number of anilines is 1. The lowest BCUT2D eigenvalue weighted by atomic mass is 10.1. The zero-order chi connectivity index (χ0) is 16.9. The van der Waals surface area contributed by atoms with Crippen LogP contribution in [-0.2, 0) is 4.79 Å². The number of likely N-dealkylation sites (N-methyl/N-ethyl adjacent to an activating group) is 1. The van der Waals surface area contributed by atoms with Gasteiger partial charge in [0.25, 0.3) is 0 Å². The maximum absolute atomic E-state index is 12.5. The monoisotopic (exact) mass is 445 g/mol. The summed E-state index contributed by atoms with van der Waals surface area (Å²) in [5, 5.41) is 4.65. The highest BCUT2D eigenvalue weighted by atomic mass is 79.9. The van der Waals surface area contributed by atoms with Crippen molar-refractivity contribution in [1.29, 1.82) is 0 Å². The van der Waals surface area contributed by atoms with Crippen molar-refractivity contribution in [3.05, 3.63) is 29.3 Å². The minimum absolute atomic E-state index is 0. The van der Waals surface area contributed by atoms with Gasteiger partial charge in [0, 0.05) is 23.5 Å². The number of amidine groups is 1. The van der Waals surface area contributed by atoms with Gasteiger partial charge in [0.05, 0.1) is 6.04 Å². The van der Waals surface area contributed by atoms with E-state index in [1.165, 1.54) is 38.5 Å². The van der Waals surface area contributed by atoms with Gasteiger partial charge in [-0.2, -0.15) is 0 Å². The molecule has 1 heterocycles. The standard InChI is InChI=1S/C18H24ClN3OS.BrH/c1-22-16(17(23)20-15-10-8-13(19)9-11-15)12-24-18(22)21-14-6-4-2-3-5-7-14;/h8-11,14,16H,2-7,12H2,1H3,(H,20,23);1H. The second kappa shape index (κ2) is 9.83. The van der Waals surface area contributed by atoms with Crippen molar-refractivity contribution in [2.75, 3.05) is 18.1 Å². The van der Waals surface area contributed by atoms with Crippen LogP contribution in [0.3, 0.4) is 0 Å². The van der Waals surface area contributed by atoms with Crippen molar-refractivity contribution in [3.63, 3.8) is 0 Å². The molecule has 4 nitrogen and oxygen atoms in total. The number of halogens is 2. The maximum atomic E-state index is 12.5. The Morgan fingerprint density at radius 2 is 1.84 bits per heavy atom. The van der Waals surface area contributed by atoms with Gasteiger partial charge in [-0.25, -0.2) is 0 Å². The molecule has 0 aromatic heterocycles. The SMILES string of the molecule is Br.CN1C(=NC2CCCCCC2)SCC1C(=O)Nc1ccc(Cl)cc1. The predicted molar refractivity (Wildman–Crippen MR) is 113 cm³/mol. The third kappa shape index (κ3) is 5.63. The van der Waals surface area contributed by atoms with Gasteiger partial charge in [-0.15, -0.1) is 17.0 Å². The van der Waals surface area contributed by atoms with Crippen LogP contribution in [0.5, 0.6) is 0 Å².